The largest absolute Gasteiger partial charge is 0.384 e. The number of para-hydroxylation sites is 1. The summed E-state index contributed by atoms with van der Waals surface area (Å²) in [6.07, 6.45) is 0.0701. The highest BCUT2D eigenvalue weighted by Crippen LogP contribution is 2.30. The number of hydrogen-bond donors (Lipinski definition) is 4. The Balaban J connectivity index is 1.64. The van der Waals surface area contributed by atoms with Gasteiger partial charge in [-0.3, -0.25) is 14.9 Å². The zero-order valence-electron chi connectivity index (χ0n) is 19.4. The van der Waals surface area contributed by atoms with Crippen molar-refractivity contribution in [2.45, 2.75) is 13.0 Å². The van der Waals surface area contributed by atoms with Crippen LogP contribution >= 0.6 is 0 Å². The van der Waals surface area contributed by atoms with Gasteiger partial charge < -0.3 is 10.6 Å². The molecule has 8 heteroatoms. The van der Waals surface area contributed by atoms with Gasteiger partial charge in [0.1, 0.15) is 5.84 Å². The van der Waals surface area contributed by atoms with Crippen LogP contribution in [0.25, 0.3) is 11.1 Å². The third-order valence-electron chi connectivity index (χ3n) is 5.68. The van der Waals surface area contributed by atoms with E-state index in [0.29, 0.717) is 23.4 Å². The van der Waals surface area contributed by atoms with E-state index in [2.05, 4.69) is 4.72 Å². The predicted molar refractivity (Wildman–Crippen MR) is 145 cm³/mol. The molecule has 0 saturated carbocycles. The number of nitrogens with two attached hydrogens (primary N) is 1. The molecular formula is C28H26N4O3S. The number of nitrogen functional groups attached to an aromatic ring is 1. The highest BCUT2D eigenvalue weighted by atomic mass is 32.2. The first-order chi connectivity index (χ1) is 17.4. The van der Waals surface area contributed by atoms with Crippen molar-refractivity contribution in [3.8, 4) is 11.1 Å². The molecule has 4 N–H and O–H groups in total. The van der Waals surface area contributed by atoms with Crippen LogP contribution in [0, 0.1) is 5.41 Å². The molecule has 1 amide bonds. The first-order valence-corrected chi connectivity index (χ1v) is 12.5. The maximum Gasteiger partial charge on any atom is 0.231 e. The van der Waals surface area contributed by atoms with E-state index in [0.717, 1.165) is 22.4 Å². The van der Waals surface area contributed by atoms with E-state index in [-0.39, 0.29) is 18.2 Å². The lowest BCUT2D eigenvalue weighted by Crippen LogP contribution is -2.32. The standard InChI is InChI=1S/C28H26N4O3S/c29-28(30)23-11-7-8-21(16-23)19-32(24-12-5-2-6-13-24)27(33)18-20-14-15-25(22-9-3-1-4-10-22)26(17-20)31-36(34)35/h1-17,36H,18-19H2,(H3,29,30)(H,31,34,35). The molecule has 0 bridgehead atoms. The van der Waals surface area contributed by atoms with Crippen LogP contribution in [0.15, 0.2) is 103 Å². The first kappa shape index (κ1) is 24.7. The number of anilines is 2. The summed E-state index contributed by atoms with van der Waals surface area (Å²) < 4.78 is 25.5. The number of benzene rings is 4. The van der Waals surface area contributed by atoms with Crippen LogP contribution in [0.1, 0.15) is 16.7 Å². The van der Waals surface area contributed by atoms with Crippen LogP contribution in [-0.2, 0) is 28.7 Å². The minimum atomic E-state index is -2.88. The van der Waals surface area contributed by atoms with Crippen LogP contribution in [0.5, 0.6) is 0 Å². The fourth-order valence-electron chi connectivity index (χ4n) is 3.98. The van der Waals surface area contributed by atoms with Crippen molar-refractivity contribution in [2.75, 3.05) is 9.62 Å². The van der Waals surface area contributed by atoms with Crippen molar-refractivity contribution < 1.29 is 13.2 Å². The number of nitrogens with one attached hydrogen (secondary N) is 2. The Morgan fingerprint density at radius 1 is 0.833 bits per heavy atom. The Morgan fingerprint density at radius 3 is 2.19 bits per heavy atom. The molecule has 0 heterocycles. The highest BCUT2D eigenvalue weighted by Gasteiger charge is 2.18. The van der Waals surface area contributed by atoms with Crippen LogP contribution in [0.2, 0.25) is 0 Å². The van der Waals surface area contributed by atoms with E-state index >= 15 is 0 Å². The summed E-state index contributed by atoms with van der Waals surface area (Å²) in [6.45, 7) is 0.295. The van der Waals surface area contributed by atoms with Gasteiger partial charge in [0.25, 0.3) is 0 Å². The Hall–Kier alpha value is -4.43. The average molecular weight is 499 g/mol. The normalized spacial score (nSPS) is 10.7. The topological polar surface area (TPSA) is 116 Å². The molecule has 0 aliphatic rings. The fraction of sp³-hybridized carbons (Fsp3) is 0.0714. The lowest BCUT2D eigenvalue weighted by molar-refractivity contribution is -0.118. The average Bonchev–Trinajstić information content (AvgIpc) is 2.88. The third kappa shape index (κ3) is 6.17. The molecular weight excluding hydrogens is 472 g/mol. The number of thiol groups is 1. The molecule has 0 radical (unpaired) electrons. The number of nitrogens with zero attached hydrogens (tertiary/aromatic N) is 1. The molecule has 4 aromatic rings. The van der Waals surface area contributed by atoms with Crippen LogP contribution in [0.4, 0.5) is 11.4 Å². The number of rotatable bonds is 9. The molecule has 0 fully saturated rings. The quantitative estimate of drug-likeness (QED) is 0.156. The highest BCUT2D eigenvalue weighted by molar-refractivity contribution is 7.73. The number of carbonyl (C=O) groups is 1. The number of carbonyl (C=O) groups excluding carboxylic acids is 1. The van der Waals surface area contributed by atoms with E-state index in [1.807, 2.05) is 84.9 Å². The second-order valence-electron chi connectivity index (χ2n) is 8.22. The smallest absolute Gasteiger partial charge is 0.231 e. The Morgan fingerprint density at radius 2 is 1.53 bits per heavy atom. The first-order valence-electron chi connectivity index (χ1n) is 11.3. The number of amides is 1. The van der Waals surface area contributed by atoms with Gasteiger partial charge in [-0.2, -0.15) is 0 Å². The van der Waals surface area contributed by atoms with Crippen LogP contribution < -0.4 is 15.4 Å². The monoisotopic (exact) mass is 498 g/mol. The second-order valence-corrected chi connectivity index (χ2v) is 8.96. The van der Waals surface area contributed by atoms with E-state index in [1.54, 1.807) is 23.1 Å². The van der Waals surface area contributed by atoms with Crippen LogP contribution in [0.3, 0.4) is 0 Å². The SMILES string of the molecule is N=C(N)c1cccc(CN(C(=O)Cc2ccc(-c3ccccc3)c(N[SH](=O)=O)c2)c2ccccc2)c1. The van der Waals surface area contributed by atoms with Gasteiger partial charge in [0.05, 0.1) is 18.7 Å². The Labute approximate surface area is 211 Å². The van der Waals surface area contributed by atoms with Crippen molar-refractivity contribution in [3.05, 3.63) is 120 Å². The van der Waals surface area contributed by atoms with Gasteiger partial charge >= 0.3 is 0 Å². The lowest BCUT2D eigenvalue weighted by Gasteiger charge is -2.24. The summed E-state index contributed by atoms with van der Waals surface area (Å²) in [7, 11) is -2.88. The van der Waals surface area contributed by atoms with E-state index in [9.17, 15) is 13.2 Å². The van der Waals surface area contributed by atoms with Crippen molar-refractivity contribution in [1.29, 1.82) is 5.41 Å². The molecule has 0 atom stereocenters. The molecule has 4 aromatic carbocycles. The summed E-state index contributed by atoms with van der Waals surface area (Å²) >= 11 is 0. The summed E-state index contributed by atoms with van der Waals surface area (Å²) in [5.74, 6) is -0.191. The Kier molecular flexibility index (Phi) is 7.77. The molecule has 0 aliphatic carbocycles. The molecule has 182 valence electrons. The van der Waals surface area contributed by atoms with Crippen molar-refractivity contribution in [2.24, 2.45) is 5.73 Å². The Bertz CT molecular complexity index is 1450. The summed E-state index contributed by atoms with van der Waals surface area (Å²) in [5.41, 5.74) is 10.5. The van der Waals surface area contributed by atoms with E-state index in [4.69, 9.17) is 11.1 Å². The second kappa shape index (κ2) is 11.3. The summed E-state index contributed by atoms with van der Waals surface area (Å²) in [4.78, 5) is 15.2. The fourth-order valence-corrected chi connectivity index (χ4v) is 4.36. The lowest BCUT2D eigenvalue weighted by atomic mass is 10.00. The third-order valence-corrected chi connectivity index (χ3v) is 6.11. The minimum absolute atomic E-state index is 0.0373. The van der Waals surface area contributed by atoms with Gasteiger partial charge in [-0.05, 0) is 41.0 Å². The minimum Gasteiger partial charge on any atom is -0.384 e. The molecule has 0 spiro atoms. The molecule has 0 aliphatic heterocycles. The predicted octanol–water partition coefficient (Wildman–Crippen LogP) is 4.35. The van der Waals surface area contributed by atoms with Gasteiger partial charge in [0, 0.05) is 16.8 Å². The van der Waals surface area contributed by atoms with E-state index < -0.39 is 10.9 Å². The zero-order valence-corrected chi connectivity index (χ0v) is 20.3. The molecule has 4 rings (SSSR count). The van der Waals surface area contributed by atoms with Gasteiger partial charge in [0.2, 0.25) is 16.8 Å². The summed E-state index contributed by atoms with van der Waals surface area (Å²) in [5, 5.41) is 7.71. The molecule has 0 unspecified atom stereocenters. The van der Waals surface area contributed by atoms with Gasteiger partial charge in [0.15, 0.2) is 0 Å². The maximum absolute atomic E-state index is 13.5. The maximum atomic E-state index is 13.5. The van der Waals surface area contributed by atoms with E-state index in [1.165, 1.54) is 0 Å². The van der Waals surface area contributed by atoms with Crippen molar-refractivity contribution >= 4 is 34.0 Å². The molecule has 7 nitrogen and oxygen atoms in total. The molecule has 36 heavy (non-hydrogen) atoms. The number of amidine groups is 1. The van der Waals surface area contributed by atoms with Crippen molar-refractivity contribution in [1.82, 2.24) is 0 Å². The zero-order chi connectivity index (χ0) is 25.5. The molecule has 0 saturated heterocycles. The summed E-state index contributed by atoms with van der Waals surface area (Å²) in [6, 6.07) is 31.4. The van der Waals surface area contributed by atoms with Crippen molar-refractivity contribution in [3.63, 3.8) is 0 Å². The van der Waals surface area contributed by atoms with Crippen LogP contribution in [-0.4, -0.2) is 20.2 Å². The van der Waals surface area contributed by atoms with Gasteiger partial charge in [-0.15, -0.1) is 0 Å². The number of hydrogen-bond acceptors (Lipinski definition) is 4. The van der Waals surface area contributed by atoms with Gasteiger partial charge in [-0.1, -0.05) is 78.9 Å². The van der Waals surface area contributed by atoms with Gasteiger partial charge in [-0.25, -0.2) is 8.42 Å². The molecule has 0 aromatic heterocycles.